The molecule has 10 heteroatoms. The van der Waals surface area contributed by atoms with Gasteiger partial charge in [-0.15, -0.1) is 0 Å². The molecule has 0 unspecified atom stereocenters. The summed E-state index contributed by atoms with van der Waals surface area (Å²) in [7, 11) is 1.55. The number of aliphatic hydroxyl groups is 3. The maximum absolute atomic E-state index is 13.3. The van der Waals surface area contributed by atoms with Gasteiger partial charge in [-0.25, -0.2) is 4.79 Å². The average Bonchev–Trinajstić information content (AvgIpc) is 3.71. The number of hydrogen-bond acceptors (Lipinski definition) is 10. The van der Waals surface area contributed by atoms with Crippen LogP contribution in [0.5, 0.6) is 17.2 Å². The number of hydrogen-bond donors (Lipinski definition) is 3. The molecule has 0 spiro atoms. The highest BCUT2D eigenvalue weighted by molar-refractivity contribution is 5.98. The van der Waals surface area contributed by atoms with Gasteiger partial charge in [0.1, 0.15) is 29.1 Å². The van der Waals surface area contributed by atoms with Crippen molar-refractivity contribution in [2.24, 2.45) is 4.99 Å². The molecular formula is C36H41NO9. The van der Waals surface area contributed by atoms with E-state index in [0.29, 0.717) is 85.3 Å². The van der Waals surface area contributed by atoms with Crippen LogP contribution in [0.4, 0.5) is 0 Å². The summed E-state index contributed by atoms with van der Waals surface area (Å²) in [5.41, 5.74) is 2.96. The maximum atomic E-state index is 13.3. The molecule has 1 saturated carbocycles. The summed E-state index contributed by atoms with van der Waals surface area (Å²) in [6.07, 6.45) is 6.22. The van der Waals surface area contributed by atoms with Crippen LogP contribution in [0.25, 0.3) is 11.6 Å². The van der Waals surface area contributed by atoms with Crippen LogP contribution in [0.1, 0.15) is 80.5 Å². The highest BCUT2D eigenvalue weighted by atomic mass is 16.6. The number of ketones is 1. The molecule has 4 aliphatic rings. The lowest BCUT2D eigenvalue weighted by molar-refractivity contribution is -0.141. The summed E-state index contributed by atoms with van der Waals surface area (Å²) in [6.45, 7) is 3.78. The van der Waals surface area contributed by atoms with Crippen molar-refractivity contribution in [3.05, 3.63) is 68.4 Å². The quantitative estimate of drug-likeness (QED) is 0.266. The Hall–Kier alpha value is -3.99. The van der Waals surface area contributed by atoms with Crippen molar-refractivity contribution in [3.63, 3.8) is 0 Å². The Kier molecular flexibility index (Phi) is 9.05. The fourth-order valence-electron chi connectivity index (χ4n) is 7.04. The SMILES string of the molecule is CCOC(=O)C1=C/C(=C2\CCC(=O)[C@H](c3ccc4c(c3)=CCN=4)C2)c2c(OC)c3c(c(CO)c2O1)O[C@H]([C@@](C)(O)CCCCO)C3. The van der Waals surface area contributed by atoms with Gasteiger partial charge >= 0.3 is 5.97 Å². The first-order valence-corrected chi connectivity index (χ1v) is 16.0. The minimum atomic E-state index is -1.22. The highest BCUT2D eigenvalue weighted by Crippen LogP contribution is 2.55. The summed E-state index contributed by atoms with van der Waals surface area (Å²) in [6, 6.07) is 5.97. The molecule has 3 aliphatic heterocycles. The fraction of sp³-hybridized carbons (Fsp3) is 0.472. The van der Waals surface area contributed by atoms with Gasteiger partial charge in [0.15, 0.2) is 0 Å². The van der Waals surface area contributed by atoms with E-state index in [2.05, 4.69) is 11.1 Å². The molecule has 0 saturated heterocycles. The largest absolute Gasteiger partial charge is 0.496 e. The van der Waals surface area contributed by atoms with E-state index in [-0.39, 0.29) is 36.4 Å². The van der Waals surface area contributed by atoms with Crippen LogP contribution in [0.2, 0.25) is 0 Å². The zero-order valence-electron chi connectivity index (χ0n) is 26.6. The van der Waals surface area contributed by atoms with Crippen molar-refractivity contribution in [1.82, 2.24) is 0 Å². The van der Waals surface area contributed by atoms with Crippen LogP contribution in [-0.2, 0) is 27.4 Å². The van der Waals surface area contributed by atoms with E-state index in [1.54, 1.807) is 27.0 Å². The molecule has 1 aliphatic carbocycles. The van der Waals surface area contributed by atoms with Gasteiger partial charge in [0.05, 0.1) is 49.0 Å². The van der Waals surface area contributed by atoms with Crippen molar-refractivity contribution in [2.75, 3.05) is 26.9 Å². The van der Waals surface area contributed by atoms with E-state index in [9.17, 15) is 24.9 Å². The number of nitrogens with zero attached hydrogens (tertiary/aromatic N) is 1. The number of carbonyl (C=O) groups is 2. The zero-order chi connectivity index (χ0) is 32.6. The molecule has 6 rings (SSSR count). The number of carbonyl (C=O) groups excluding carboxylic acids is 2. The van der Waals surface area contributed by atoms with Crippen LogP contribution >= 0.6 is 0 Å². The Morgan fingerprint density at radius 2 is 1.98 bits per heavy atom. The van der Waals surface area contributed by atoms with E-state index in [0.717, 1.165) is 21.7 Å². The van der Waals surface area contributed by atoms with Gasteiger partial charge in [-0.2, -0.15) is 0 Å². The van der Waals surface area contributed by atoms with Crippen LogP contribution in [-0.4, -0.2) is 65.6 Å². The molecule has 2 aromatic rings. The van der Waals surface area contributed by atoms with Crippen molar-refractivity contribution in [1.29, 1.82) is 0 Å². The monoisotopic (exact) mass is 631 g/mol. The molecule has 0 aromatic heterocycles. The summed E-state index contributed by atoms with van der Waals surface area (Å²) < 4.78 is 23.9. The maximum Gasteiger partial charge on any atom is 0.374 e. The number of ether oxygens (including phenoxy) is 4. The molecule has 1 fully saturated rings. The lowest BCUT2D eigenvalue weighted by atomic mass is 9.76. The topological polar surface area (TPSA) is 144 Å². The molecule has 2 aromatic carbocycles. The lowest BCUT2D eigenvalue weighted by Crippen LogP contribution is -2.42. The Balaban J connectivity index is 1.48. The van der Waals surface area contributed by atoms with Crippen LogP contribution < -0.4 is 24.8 Å². The molecule has 0 radical (unpaired) electrons. The Bertz CT molecular complexity index is 1750. The number of Topliss-reactive ketones (excluding diaryl/α,β-unsaturated/α-hetero) is 1. The number of benzene rings is 2. The van der Waals surface area contributed by atoms with Crippen molar-refractivity contribution in [3.8, 4) is 17.2 Å². The molecule has 3 atom stereocenters. The van der Waals surface area contributed by atoms with Crippen LogP contribution in [0.3, 0.4) is 0 Å². The second-order valence-electron chi connectivity index (χ2n) is 12.5. The van der Waals surface area contributed by atoms with Crippen molar-refractivity contribution < 1.29 is 43.9 Å². The van der Waals surface area contributed by atoms with Gasteiger partial charge in [0, 0.05) is 30.9 Å². The number of fused-ring (bicyclic) bond motifs is 3. The van der Waals surface area contributed by atoms with E-state index in [1.165, 1.54) is 0 Å². The Morgan fingerprint density at radius 1 is 1.15 bits per heavy atom. The second kappa shape index (κ2) is 13.0. The highest BCUT2D eigenvalue weighted by Gasteiger charge is 2.44. The third-order valence-electron chi connectivity index (χ3n) is 9.50. The minimum Gasteiger partial charge on any atom is -0.496 e. The van der Waals surface area contributed by atoms with Crippen LogP contribution in [0.15, 0.2) is 40.6 Å². The van der Waals surface area contributed by atoms with E-state index in [4.69, 9.17) is 18.9 Å². The first-order valence-electron chi connectivity index (χ1n) is 16.0. The van der Waals surface area contributed by atoms with Gasteiger partial charge in [-0.3, -0.25) is 9.79 Å². The molecule has 3 heterocycles. The average molecular weight is 632 g/mol. The van der Waals surface area contributed by atoms with Crippen molar-refractivity contribution >= 4 is 23.4 Å². The summed E-state index contributed by atoms with van der Waals surface area (Å²) in [5, 5.41) is 33.3. The summed E-state index contributed by atoms with van der Waals surface area (Å²) >= 11 is 0. The normalized spacial score (nSPS) is 22.7. The molecule has 46 heavy (non-hydrogen) atoms. The molecule has 0 amide bonds. The van der Waals surface area contributed by atoms with E-state index >= 15 is 0 Å². The standard InChI is InChI=1S/C36H41NO9/c1-4-44-35(41)29-17-24(21-8-10-28(40)23(16-21)20-7-9-27-22(15-20)11-13-37-27)31-33(43-3)25-18-30(36(2,42)12-5-6-14-38)46-32(25)26(19-39)34(31)45-29/h7,9,11,15,17,23,30,38-39,42H,4-6,8,10,12-14,16,18-19H2,1-3H3/b24-21-/t23-,30-,36-/m0/s1. The predicted octanol–water partition coefficient (Wildman–Crippen LogP) is 2.95. The fourth-order valence-corrected chi connectivity index (χ4v) is 7.04. The third-order valence-corrected chi connectivity index (χ3v) is 9.50. The van der Waals surface area contributed by atoms with Crippen molar-refractivity contribution in [2.45, 2.75) is 83.0 Å². The second-order valence-corrected chi connectivity index (χ2v) is 12.5. The van der Waals surface area contributed by atoms with Crippen LogP contribution in [0, 0.1) is 0 Å². The molecule has 10 nitrogen and oxygen atoms in total. The number of rotatable bonds is 10. The summed E-state index contributed by atoms with van der Waals surface area (Å²) in [5.74, 6) is 0.145. The molecule has 3 N–H and O–H groups in total. The third kappa shape index (κ3) is 5.74. The van der Waals surface area contributed by atoms with E-state index < -0.39 is 24.3 Å². The molecule has 0 bridgehead atoms. The smallest absolute Gasteiger partial charge is 0.374 e. The van der Waals surface area contributed by atoms with Gasteiger partial charge in [0.25, 0.3) is 0 Å². The number of methoxy groups -OCH3 is 1. The first kappa shape index (κ1) is 32.0. The zero-order valence-corrected chi connectivity index (χ0v) is 26.6. The van der Waals surface area contributed by atoms with Gasteiger partial charge < -0.3 is 34.3 Å². The minimum absolute atomic E-state index is 0.0365. The number of esters is 1. The first-order chi connectivity index (χ1) is 22.2. The summed E-state index contributed by atoms with van der Waals surface area (Å²) in [4.78, 5) is 30.9. The molecule has 244 valence electrons. The number of allylic oxidation sites excluding steroid dienone is 3. The number of unbranched alkanes of at least 4 members (excludes halogenated alkanes) is 1. The van der Waals surface area contributed by atoms with Gasteiger partial charge in [-0.05, 0) is 80.5 Å². The number of aliphatic hydroxyl groups excluding tert-OH is 2. The molecular weight excluding hydrogens is 590 g/mol. The predicted molar refractivity (Wildman–Crippen MR) is 169 cm³/mol. The van der Waals surface area contributed by atoms with Gasteiger partial charge in [0.2, 0.25) is 5.76 Å². The Labute approximate surface area is 267 Å². The Morgan fingerprint density at radius 3 is 2.72 bits per heavy atom. The van der Waals surface area contributed by atoms with E-state index in [1.807, 2.05) is 18.2 Å². The lowest BCUT2D eigenvalue weighted by Gasteiger charge is -2.30. The van der Waals surface area contributed by atoms with Gasteiger partial charge in [-0.1, -0.05) is 17.7 Å².